The van der Waals surface area contributed by atoms with Gasteiger partial charge in [0.15, 0.2) is 0 Å². The first-order chi connectivity index (χ1) is 8.26. The summed E-state index contributed by atoms with van der Waals surface area (Å²) in [5.74, 6) is 1.48. The lowest BCUT2D eigenvalue weighted by molar-refractivity contribution is 0.304. The van der Waals surface area contributed by atoms with E-state index in [1.807, 2.05) is 12.1 Å². The van der Waals surface area contributed by atoms with E-state index in [4.69, 9.17) is 15.7 Å². The minimum absolute atomic E-state index is 0. The van der Waals surface area contributed by atoms with Crippen LogP contribution in [0.2, 0.25) is 0 Å². The Bertz CT molecular complexity index is 381. The highest BCUT2D eigenvalue weighted by Crippen LogP contribution is 2.13. The molecule has 0 heterocycles. The molecule has 0 saturated heterocycles. The second-order valence-electron chi connectivity index (χ2n) is 3.93. The molecule has 0 aliphatic heterocycles. The van der Waals surface area contributed by atoms with Gasteiger partial charge in [-0.25, -0.2) is 0 Å². The molecule has 3 nitrogen and oxygen atoms in total. The average Bonchev–Trinajstić information content (AvgIpc) is 2.38. The van der Waals surface area contributed by atoms with Crippen LogP contribution in [0, 0.1) is 11.3 Å². The number of ether oxygens (including phenoxy) is 1. The average molecular weight is 287 g/mol. The van der Waals surface area contributed by atoms with Crippen LogP contribution < -0.4 is 10.5 Å². The minimum atomic E-state index is 0. The van der Waals surface area contributed by atoms with Crippen molar-refractivity contribution >= 4 is 25.0 Å². The number of unbranched alkanes of at least 4 members (excludes halogenated alkanes) is 1. The van der Waals surface area contributed by atoms with E-state index in [1.165, 1.54) is 0 Å². The first-order valence-corrected chi connectivity index (χ1v) is 6.39. The Morgan fingerprint density at radius 3 is 2.83 bits per heavy atom. The van der Waals surface area contributed by atoms with Crippen LogP contribution >= 0.6 is 25.0 Å². The fourth-order valence-electron chi connectivity index (χ4n) is 1.45. The van der Waals surface area contributed by atoms with Crippen LogP contribution in [-0.2, 0) is 0 Å². The van der Waals surface area contributed by atoms with Crippen molar-refractivity contribution in [2.24, 2.45) is 5.73 Å². The molecular formula is C13H19ClN2OS. The zero-order valence-corrected chi connectivity index (χ0v) is 11.9. The van der Waals surface area contributed by atoms with E-state index in [-0.39, 0.29) is 18.4 Å². The van der Waals surface area contributed by atoms with Crippen LogP contribution in [0.5, 0.6) is 5.75 Å². The van der Waals surface area contributed by atoms with Crippen molar-refractivity contribution in [3.05, 3.63) is 29.8 Å². The predicted molar refractivity (Wildman–Crippen MR) is 79.6 cm³/mol. The first kappa shape index (κ1) is 17.1. The number of nitrogens with two attached hydrogens (primary N) is 1. The maximum Gasteiger partial charge on any atom is 0.120 e. The largest absolute Gasteiger partial charge is 0.494 e. The molecule has 1 atom stereocenters. The topological polar surface area (TPSA) is 59.0 Å². The zero-order chi connectivity index (χ0) is 12.5. The summed E-state index contributed by atoms with van der Waals surface area (Å²) in [4.78, 5) is 0. The van der Waals surface area contributed by atoms with Crippen molar-refractivity contribution in [2.45, 2.75) is 25.3 Å². The van der Waals surface area contributed by atoms with Crippen LogP contribution in [0.3, 0.4) is 0 Å². The number of thiol groups is 1. The Kier molecular flexibility index (Phi) is 9.57. The molecule has 2 N–H and O–H groups in total. The maximum absolute atomic E-state index is 8.73. The molecule has 1 aromatic carbocycles. The Hall–Kier alpha value is -0.890. The predicted octanol–water partition coefficient (Wildman–Crippen LogP) is 2.79. The molecule has 0 aliphatic rings. The molecule has 0 aliphatic carbocycles. The summed E-state index contributed by atoms with van der Waals surface area (Å²) in [6, 6.07) is 9.46. The number of hydrogen-bond acceptors (Lipinski definition) is 4. The summed E-state index contributed by atoms with van der Waals surface area (Å²) in [5, 5.41) is 8.73. The Balaban J connectivity index is 0.00000289. The van der Waals surface area contributed by atoms with Crippen LogP contribution in [0.4, 0.5) is 0 Å². The Morgan fingerprint density at radius 1 is 1.39 bits per heavy atom. The van der Waals surface area contributed by atoms with Crippen LogP contribution in [0.25, 0.3) is 0 Å². The van der Waals surface area contributed by atoms with Gasteiger partial charge in [0, 0.05) is 11.8 Å². The van der Waals surface area contributed by atoms with E-state index >= 15 is 0 Å². The number of nitrogens with zero attached hydrogens (tertiary/aromatic N) is 1. The summed E-state index contributed by atoms with van der Waals surface area (Å²) < 4.78 is 5.55. The molecule has 100 valence electrons. The normalized spacial score (nSPS) is 11.2. The Labute approximate surface area is 120 Å². The lowest BCUT2D eigenvalue weighted by Crippen LogP contribution is -2.21. The van der Waals surface area contributed by atoms with Crippen LogP contribution in [0.1, 0.15) is 24.8 Å². The van der Waals surface area contributed by atoms with E-state index in [1.54, 1.807) is 12.1 Å². The standard InChI is InChI=1S/C13H18N2OS.ClH/c14-9-11-4-3-6-13(8-11)16-7-2-1-5-12(15)10-17;/h3-4,6,8,12,17H,1-2,5,7,10,15H2;1H. The fraction of sp³-hybridized carbons (Fsp3) is 0.462. The molecule has 0 fully saturated rings. The van der Waals surface area contributed by atoms with E-state index in [2.05, 4.69) is 18.7 Å². The van der Waals surface area contributed by atoms with Gasteiger partial charge in [0.25, 0.3) is 0 Å². The maximum atomic E-state index is 8.73. The molecule has 1 unspecified atom stereocenters. The monoisotopic (exact) mass is 286 g/mol. The SMILES string of the molecule is Cl.N#Cc1cccc(OCCCCC(N)CS)c1. The fourth-order valence-corrected chi connectivity index (χ4v) is 1.63. The van der Waals surface area contributed by atoms with Crippen LogP contribution in [-0.4, -0.2) is 18.4 Å². The number of hydrogen-bond donors (Lipinski definition) is 2. The van der Waals surface area contributed by atoms with Crippen molar-refractivity contribution in [2.75, 3.05) is 12.4 Å². The van der Waals surface area contributed by atoms with Crippen LogP contribution in [0.15, 0.2) is 24.3 Å². The highest BCUT2D eigenvalue weighted by atomic mass is 35.5. The molecular weight excluding hydrogens is 268 g/mol. The summed E-state index contributed by atoms with van der Waals surface area (Å²) >= 11 is 4.13. The third-order valence-corrected chi connectivity index (χ3v) is 2.90. The van der Waals surface area contributed by atoms with E-state index in [0.717, 1.165) is 30.8 Å². The molecule has 0 bridgehead atoms. The van der Waals surface area contributed by atoms with Gasteiger partial charge in [-0.1, -0.05) is 6.07 Å². The van der Waals surface area contributed by atoms with Gasteiger partial charge in [0.05, 0.1) is 18.2 Å². The highest BCUT2D eigenvalue weighted by Gasteiger charge is 2.00. The molecule has 18 heavy (non-hydrogen) atoms. The molecule has 0 saturated carbocycles. The van der Waals surface area contributed by atoms with Gasteiger partial charge in [-0.15, -0.1) is 12.4 Å². The zero-order valence-electron chi connectivity index (χ0n) is 10.2. The Morgan fingerprint density at radius 2 is 2.17 bits per heavy atom. The summed E-state index contributed by atoms with van der Waals surface area (Å²) in [7, 11) is 0. The molecule has 0 aromatic heterocycles. The number of halogens is 1. The second kappa shape index (κ2) is 10.1. The number of rotatable bonds is 7. The lowest BCUT2D eigenvalue weighted by Gasteiger charge is -2.08. The van der Waals surface area contributed by atoms with Crippen molar-refractivity contribution in [3.63, 3.8) is 0 Å². The molecule has 5 heteroatoms. The number of nitriles is 1. The van der Waals surface area contributed by atoms with Gasteiger partial charge in [-0.05, 0) is 37.5 Å². The second-order valence-corrected chi connectivity index (χ2v) is 4.29. The van der Waals surface area contributed by atoms with Gasteiger partial charge < -0.3 is 10.5 Å². The summed E-state index contributed by atoms with van der Waals surface area (Å²) in [6.45, 7) is 0.661. The van der Waals surface area contributed by atoms with Crippen molar-refractivity contribution in [1.82, 2.24) is 0 Å². The number of benzene rings is 1. The van der Waals surface area contributed by atoms with Gasteiger partial charge >= 0.3 is 0 Å². The molecule has 0 amide bonds. The summed E-state index contributed by atoms with van der Waals surface area (Å²) in [6.07, 6.45) is 2.99. The van der Waals surface area contributed by atoms with Gasteiger partial charge in [-0.2, -0.15) is 17.9 Å². The summed E-state index contributed by atoms with van der Waals surface area (Å²) in [5.41, 5.74) is 6.38. The lowest BCUT2D eigenvalue weighted by atomic mass is 10.1. The minimum Gasteiger partial charge on any atom is -0.494 e. The first-order valence-electron chi connectivity index (χ1n) is 5.75. The van der Waals surface area contributed by atoms with E-state index in [0.29, 0.717) is 12.2 Å². The van der Waals surface area contributed by atoms with E-state index in [9.17, 15) is 0 Å². The molecule has 0 spiro atoms. The molecule has 1 rings (SSSR count). The molecule has 1 aromatic rings. The van der Waals surface area contributed by atoms with Gasteiger partial charge in [-0.3, -0.25) is 0 Å². The highest BCUT2D eigenvalue weighted by molar-refractivity contribution is 7.80. The third-order valence-electron chi connectivity index (χ3n) is 2.44. The van der Waals surface area contributed by atoms with Crippen molar-refractivity contribution in [3.8, 4) is 11.8 Å². The van der Waals surface area contributed by atoms with Crippen molar-refractivity contribution < 1.29 is 4.74 Å². The van der Waals surface area contributed by atoms with Gasteiger partial charge in [0.1, 0.15) is 5.75 Å². The third kappa shape index (κ3) is 6.75. The smallest absolute Gasteiger partial charge is 0.120 e. The van der Waals surface area contributed by atoms with Crippen molar-refractivity contribution in [1.29, 1.82) is 5.26 Å². The van der Waals surface area contributed by atoms with E-state index < -0.39 is 0 Å². The quantitative estimate of drug-likeness (QED) is 0.598. The molecule has 0 radical (unpaired) electrons. The van der Waals surface area contributed by atoms with Gasteiger partial charge in [0.2, 0.25) is 0 Å².